The van der Waals surface area contributed by atoms with Gasteiger partial charge in [-0.2, -0.15) is 8.78 Å². The number of fused-ring (bicyclic) bond motifs is 1. The molecule has 1 saturated heterocycles. The second kappa shape index (κ2) is 9.87. The molecule has 1 aromatic heterocycles. The zero-order chi connectivity index (χ0) is 24.3. The number of hydrogen-bond donors (Lipinski definition) is 2. The Labute approximate surface area is 193 Å². The van der Waals surface area contributed by atoms with E-state index in [1.807, 2.05) is 0 Å². The van der Waals surface area contributed by atoms with Crippen LogP contribution in [0.25, 0.3) is 10.9 Å². The van der Waals surface area contributed by atoms with Gasteiger partial charge in [-0.3, -0.25) is 4.98 Å². The number of hydrogen-bond acceptors (Lipinski definition) is 9. The maximum atomic E-state index is 13.5. The van der Waals surface area contributed by atoms with Gasteiger partial charge in [-0.15, -0.1) is 0 Å². The minimum absolute atomic E-state index is 0.0373. The summed E-state index contributed by atoms with van der Waals surface area (Å²) in [5.74, 6) is -0.828. The quantitative estimate of drug-likeness (QED) is 0.479. The highest BCUT2D eigenvalue weighted by Crippen LogP contribution is 2.37. The van der Waals surface area contributed by atoms with Gasteiger partial charge in [-0.05, 0) is 30.3 Å². The number of morpholine rings is 1. The van der Waals surface area contributed by atoms with Gasteiger partial charge < -0.3 is 24.8 Å². The van der Waals surface area contributed by atoms with Crippen LogP contribution < -0.4 is 15.4 Å². The summed E-state index contributed by atoms with van der Waals surface area (Å²) in [6.07, 6.45) is 1.17. The Kier molecular flexibility index (Phi) is 6.91. The molecule has 0 radical (unpaired) electrons. The van der Waals surface area contributed by atoms with Gasteiger partial charge >= 0.3 is 12.6 Å². The van der Waals surface area contributed by atoms with E-state index in [4.69, 9.17) is 9.47 Å². The fourth-order valence-electron chi connectivity index (χ4n) is 3.57. The first-order valence-corrected chi connectivity index (χ1v) is 11.7. The van der Waals surface area contributed by atoms with E-state index >= 15 is 0 Å². The summed E-state index contributed by atoms with van der Waals surface area (Å²) in [6.45, 7) is -2.30. The van der Waals surface area contributed by atoms with E-state index in [-0.39, 0.29) is 46.1 Å². The third kappa shape index (κ3) is 4.79. The molecule has 0 amide bonds. The molecule has 0 spiro atoms. The van der Waals surface area contributed by atoms with Crippen LogP contribution in [0.5, 0.6) is 5.75 Å². The number of aromatic nitrogens is 1. The predicted molar refractivity (Wildman–Crippen MR) is 119 cm³/mol. The van der Waals surface area contributed by atoms with Crippen LogP contribution in [0.3, 0.4) is 0 Å². The van der Waals surface area contributed by atoms with Crippen molar-refractivity contribution >= 4 is 38.1 Å². The summed E-state index contributed by atoms with van der Waals surface area (Å²) in [7, 11) is -2.87. The van der Waals surface area contributed by atoms with Crippen LogP contribution in [0, 0.1) is 0 Å². The molecule has 1 atom stereocenters. The number of halogens is 2. The van der Waals surface area contributed by atoms with Crippen LogP contribution in [0.4, 0.5) is 20.2 Å². The van der Waals surface area contributed by atoms with Gasteiger partial charge in [0.2, 0.25) is 9.84 Å². The van der Waals surface area contributed by atoms with Crippen LogP contribution in [0.2, 0.25) is 0 Å². The highest BCUT2D eigenvalue weighted by atomic mass is 32.2. The maximum absolute atomic E-state index is 13.5. The summed E-state index contributed by atoms with van der Waals surface area (Å²) < 4.78 is 67.4. The van der Waals surface area contributed by atoms with Crippen molar-refractivity contribution in [1.82, 2.24) is 10.3 Å². The lowest BCUT2D eigenvalue weighted by Gasteiger charge is -2.25. The van der Waals surface area contributed by atoms with Gasteiger partial charge in [0.25, 0.3) is 0 Å². The Morgan fingerprint density at radius 2 is 2.06 bits per heavy atom. The van der Waals surface area contributed by atoms with Gasteiger partial charge in [0, 0.05) is 24.7 Å². The second-order valence-electron chi connectivity index (χ2n) is 7.27. The lowest BCUT2D eigenvalue weighted by Crippen LogP contribution is -2.43. The average Bonchev–Trinajstić information content (AvgIpc) is 2.84. The number of nitrogens with one attached hydrogen (secondary N) is 2. The van der Waals surface area contributed by atoms with Crippen molar-refractivity contribution in [3.63, 3.8) is 0 Å². The first kappa shape index (κ1) is 23.8. The van der Waals surface area contributed by atoms with Crippen LogP contribution in [0.1, 0.15) is 10.4 Å². The molecule has 4 rings (SSSR count). The van der Waals surface area contributed by atoms with Crippen molar-refractivity contribution in [3.05, 3.63) is 54.2 Å². The highest BCUT2D eigenvalue weighted by Gasteiger charge is 2.33. The molecule has 3 aromatic rings. The van der Waals surface area contributed by atoms with E-state index in [2.05, 4.69) is 20.4 Å². The molecule has 2 N–H and O–H groups in total. The molecular formula is C22H21F2N3O6S. The first-order valence-electron chi connectivity index (χ1n) is 10.2. The molecule has 1 aliphatic rings. The Morgan fingerprint density at radius 1 is 1.26 bits per heavy atom. The number of sulfone groups is 1. The zero-order valence-corrected chi connectivity index (χ0v) is 18.8. The molecule has 180 valence electrons. The van der Waals surface area contributed by atoms with E-state index in [1.165, 1.54) is 37.6 Å². The topological polar surface area (TPSA) is 116 Å². The Balaban J connectivity index is 1.92. The molecule has 12 heteroatoms. The molecule has 0 bridgehead atoms. The molecule has 1 aliphatic heterocycles. The number of para-hydroxylation sites is 1. The summed E-state index contributed by atoms with van der Waals surface area (Å²) in [5, 5.41) is 6.15. The van der Waals surface area contributed by atoms with Crippen LogP contribution in [0.15, 0.2) is 53.6 Å². The van der Waals surface area contributed by atoms with E-state index < -0.39 is 27.9 Å². The Morgan fingerprint density at radius 3 is 2.76 bits per heavy atom. The number of alkyl halides is 2. The van der Waals surface area contributed by atoms with Crippen LogP contribution in [-0.2, 0) is 19.3 Å². The average molecular weight is 493 g/mol. The summed E-state index contributed by atoms with van der Waals surface area (Å²) in [6, 6.07) is 10.3. The molecule has 2 aromatic carbocycles. The minimum Gasteiger partial charge on any atom is -0.465 e. The van der Waals surface area contributed by atoms with E-state index in [0.29, 0.717) is 12.1 Å². The molecule has 9 nitrogen and oxygen atoms in total. The smallest absolute Gasteiger partial charge is 0.387 e. The van der Waals surface area contributed by atoms with Gasteiger partial charge in [-0.25, -0.2) is 13.2 Å². The number of ether oxygens (including phenoxy) is 3. The number of benzene rings is 2. The lowest BCUT2D eigenvalue weighted by molar-refractivity contribution is -0.0497. The first-order chi connectivity index (χ1) is 16.3. The number of rotatable bonds is 7. The van der Waals surface area contributed by atoms with Crippen molar-refractivity contribution in [1.29, 1.82) is 0 Å². The third-order valence-corrected chi connectivity index (χ3v) is 7.09. The third-order valence-electron chi connectivity index (χ3n) is 5.17. The summed E-state index contributed by atoms with van der Waals surface area (Å²) >= 11 is 0. The fourth-order valence-corrected chi connectivity index (χ4v) is 5.11. The second-order valence-corrected chi connectivity index (χ2v) is 9.32. The fraction of sp³-hybridized carbons (Fsp3) is 0.273. The van der Waals surface area contributed by atoms with E-state index in [0.717, 1.165) is 0 Å². The van der Waals surface area contributed by atoms with Crippen molar-refractivity contribution < 1.29 is 36.2 Å². The van der Waals surface area contributed by atoms with E-state index in [1.54, 1.807) is 18.2 Å². The molecule has 0 aliphatic carbocycles. The molecule has 34 heavy (non-hydrogen) atoms. The number of carbonyl (C=O) groups is 1. The number of anilines is 2. The SMILES string of the molecule is COC(=O)c1ccccc1Nc1c(S(=O)(=O)C2CNCCO2)cnc2ccc(OC(F)F)cc12. The zero-order valence-electron chi connectivity index (χ0n) is 18.0. The van der Waals surface area contributed by atoms with E-state index in [9.17, 15) is 22.0 Å². The molecule has 1 unspecified atom stereocenters. The molecule has 1 fully saturated rings. The van der Waals surface area contributed by atoms with Gasteiger partial charge in [0.15, 0.2) is 5.44 Å². The van der Waals surface area contributed by atoms with Crippen molar-refractivity contribution in [3.8, 4) is 5.75 Å². The molecular weight excluding hydrogens is 472 g/mol. The van der Waals surface area contributed by atoms with Crippen LogP contribution >= 0.6 is 0 Å². The normalized spacial score (nSPS) is 16.4. The number of pyridine rings is 1. The maximum Gasteiger partial charge on any atom is 0.387 e. The number of nitrogens with zero attached hydrogens (tertiary/aromatic N) is 1. The number of esters is 1. The Hall–Kier alpha value is -3.35. The molecule has 0 saturated carbocycles. The summed E-state index contributed by atoms with van der Waals surface area (Å²) in [5.41, 5.74) is -0.427. The van der Waals surface area contributed by atoms with Gasteiger partial charge in [-0.1, -0.05) is 12.1 Å². The minimum atomic E-state index is -4.09. The largest absolute Gasteiger partial charge is 0.465 e. The highest BCUT2D eigenvalue weighted by molar-refractivity contribution is 7.92. The van der Waals surface area contributed by atoms with Gasteiger partial charge in [0.1, 0.15) is 10.6 Å². The van der Waals surface area contributed by atoms with Gasteiger partial charge in [0.05, 0.1) is 36.2 Å². The van der Waals surface area contributed by atoms with Crippen molar-refractivity contribution in [2.45, 2.75) is 16.9 Å². The monoisotopic (exact) mass is 493 g/mol. The summed E-state index contributed by atoms with van der Waals surface area (Å²) in [4.78, 5) is 16.3. The molecule has 2 heterocycles. The number of methoxy groups -OCH3 is 1. The number of carbonyl (C=O) groups excluding carboxylic acids is 1. The lowest BCUT2D eigenvalue weighted by atomic mass is 10.1. The standard InChI is InChI=1S/C22H21F2N3O6S/c1-31-21(28)14-4-2-3-5-17(14)27-20-15-10-13(33-22(23)24)6-7-16(15)26-11-18(20)34(29,30)19-12-25-8-9-32-19/h2-7,10-11,19,22,25H,8-9,12H2,1H3,(H,26,27). The predicted octanol–water partition coefficient (Wildman–Crippen LogP) is 3.09. The van der Waals surface area contributed by atoms with Crippen molar-refractivity contribution in [2.75, 3.05) is 32.1 Å². The van der Waals surface area contributed by atoms with Crippen LogP contribution in [-0.4, -0.2) is 58.2 Å². The Bertz CT molecular complexity index is 1310. The van der Waals surface area contributed by atoms with Crippen molar-refractivity contribution in [2.24, 2.45) is 0 Å².